The molecule has 1 aromatic carbocycles. The first kappa shape index (κ1) is 19.7. The Kier molecular flexibility index (Phi) is 4.76. The average Bonchev–Trinajstić information content (AvgIpc) is 2.50. The molecule has 1 N–H and O–H groups in total. The van der Waals surface area contributed by atoms with E-state index in [-0.39, 0.29) is 11.4 Å². The molecular formula is C22H32N2O3S. The van der Waals surface area contributed by atoms with Gasteiger partial charge in [-0.05, 0) is 100 Å². The number of carbonyl (C=O) groups excluding carboxylic acids is 1. The van der Waals surface area contributed by atoms with E-state index in [0.717, 1.165) is 48.1 Å². The monoisotopic (exact) mass is 404 g/mol. The molecule has 5 nitrogen and oxygen atoms in total. The zero-order valence-corrected chi connectivity index (χ0v) is 18.2. The van der Waals surface area contributed by atoms with E-state index in [1.807, 2.05) is 32.0 Å². The molecule has 1 aromatic rings. The third-order valence-corrected chi connectivity index (χ3v) is 8.22. The van der Waals surface area contributed by atoms with Crippen LogP contribution >= 0.6 is 0 Å². The van der Waals surface area contributed by atoms with Gasteiger partial charge >= 0.3 is 0 Å². The second-order valence-electron chi connectivity index (χ2n) is 9.77. The number of amides is 1. The first-order valence-corrected chi connectivity index (χ1v) is 12.3. The normalized spacial score (nSPS) is 32.2. The lowest BCUT2D eigenvalue weighted by Gasteiger charge is -2.57. The molecule has 0 radical (unpaired) electrons. The summed E-state index contributed by atoms with van der Waals surface area (Å²) >= 11 is 0. The Bertz CT molecular complexity index is 838. The molecule has 4 aliphatic rings. The summed E-state index contributed by atoms with van der Waals surface area (Å²) in [4.78, 5) is 13.2. The maximum Gasteiger partial charge on any atom is 0.244 e. The summed E-state index contributed by atoms with van der Waals surface area (Å²) in [5.74, 6) is 2.01. The summed E-state index contributed by atoms with van der Waals surface area (Å²) in [7, 11) is -3.59. The fraction of sp³-hybridized carbons (Fsp3) is 0.682. The van der Waals surface area contributed by atoms with Crippen LogP contribution < -0.4 is 9.62 Å². The molecular weight excluding hydrogens is 372 g/mol. The van der Waals surface area contributed by atoms with E-state index < -0.39 is 16.1 Å². The standard InChI is InChI=1S/C22H32N2O3S/c1-14-5-15(2)7-20(6-14)24(28(4,26)27)16(3)21(25)23-22-11-17-8-18(12-22)10-19(9-17)13-22/h5-7,16-19H,8-13H2,1-4H3,(H,23,25)/t16-,17?,18?,19?,22?/m0/s1. The molecule has 1 atom stereocenters. The van der Waals surface area contributed by atoms with Crippen molar-refractivity contribution in [2.45, 2.75) is 70.9 Å². The Labute approximate surface area is 168 Å². The molecule has 4 fully saturated rings. The molecule has 4 aliphatic carbocycles. The lowest BCUT2D eigenvalue weighted by molar-refractivity contribution is -0.127. The van der Waals surface area contributed by atoms with Crippen LogP contribution in [0.1, 0.15) is 56.6 Å². The second kappa shape index (κ2) is 6.75. The van der Waals surface area contributed by atoms with Crippen molar-refractivity contribution in [3.63, 3.8) is 0 Å². The summed E-state index contributed by atoms with van der Waals surface area (Å²) < 4.78 is 26.5. The molecule has 0 aromatic heterocycles. The largest absolute Gasteiger partial charge is 0.349 e. The SMILES string of the molecule is Cc1cc(C)cc(N([C@@H](C)C(=O)NC23CC4CC(CC(C4)C2)C3)S(C)(=O)=O)c1. The van der Waals surface area contributed by atoms with Crippen molar-refractivity contribution >= 4 is 21.6 Å². The van der Waals surface area contributed by atoms with Crippen molar-refractivity contribution in [3.8, 4) is 0 Å². The van der Waals surface area contributed by atoms with E-state index in [1.165, 1.54) is 29.8 Å². The topological polar surface area (TPSA) is 66.5 Å². The fourth-order valence-electron chi connectivity index (χ4n) is 6.52. The Morgan fingerprint density at radius 3 is 1.93 bits per heavy atom. The van der Waals surface area contributed by atoms with Gasteiger partial charge in [0.1, 0.15) is 6.04 Å². The van der Waals surface area contributed by atoms with Gasteiger partial charge in [0.2, 0.25) is 15.9 Å². The minimum absolute atomic E-state index is 0.119. The van der Waals surface area contributed by atoms with Crippen molar-refractivity contribution in [2.24, 2.45) is 17.8 Å². The molecule has 28 heavy (non-hydrogen) atoms. The summed E-state index contributed by atoms with van der Waals surface area (Å²) in [6, 6.07) is 4.90. The predicted octanol–water partition coefficient (Wildman–Crippen LogP) is 3.54. The molecule has 5 rings (SSSR count). The van der Waals surface area contributed by atoms with E-state index in [9.17, 15) is 13.2 Å². The lowest BCUT2D eigenvalue weighted by Crippen LogP contribution is -2.62. The highest BCUT2D eigenvalue weighted by Crippen LogP contribution is 2.55. The van der Waals surface area contributed by atoms with Crippen molar-refractivity contribution in [1.29, 1.82) is 0 Å². The maximum absolute atomic E-state index is 13.2. The summed E-state index contributed by atoms with van der Waals surface area (Å²) in [6.45, 7) is 5.59. The Morgan fingerprint density at radius 1 is 1.04 bits per heavy atom. The van der Waals surface area contributed by atoms with Gasteiger partial charge in [0, 0.05) is 5.54 Å². The van der Waals surface area contributed by atoms with Crippen molar-refractivity contribution in [1.82, 2.24) is 5.32 Å². The quantitative estimate of drug-likeness (QED) is 0.816. The van der Waals surface area contributed by atoms with Crippen LogP contribution in [0.25, 0.3) is 0 Å². The number of benzene rings is 1. The van der Waals surface area contributed by atoms with Crippen LogP contribution in [0.4, 0.5) is 5.69 Å². The zero-order chi connectivity index (χ0) is 20.3. The van der Waals surface area contributed by atoms with Crippen LogP contribution in [0, 0.1) is 31.6 Å². The van der Waals surface area contributed by atoms with Crippen LogP contribution in [0.5, 0.6) is 0 Å². The van der Waals surface area contributed by atoms with Gasteiger partial charge in [0.15, 0.2) is 0 Å². The summed E-state index contributed by atoms with van der Waals surface area (Å²) in [5.41, 5.74) is 2.41. The van der Waals surface area contributed by atoms with Crippen molar-refractivity contribution in [2.75, 3.05) is 10.6 Å². The van der Waals surface area contributed by atoms with Crippen LogP contribution in [0.2, 0.25) is 0 Å². The number of carbonyl (C=O) groups is 1. The summed E-state index contributed by atoms with van der Waals surface area (Å²) in [6.07, 6.45) is 8.27. The van der Waals surface area contributed by atoms with Gasteiger partial charge in [0.25, 0.3) is 0 Å². The van der Waals surface area contributed by atoms with Gasteiger partial charge in [-0.1, -0.05) is 6.07 Å². The number of rotatable bonds is 5. The number of nitrogens with one attached hydrogen (secondary N) is 1. The molecule has 0 spiro atoms. The highest BCUT2D eigenvalue weighted by Gasteiger charge is 2.52. The zero-order valence-electron chi connectivity index (χ0n) is 17.4. The van der Waals surface area contributed by atoms with Gasteiger partial charge in [-0.3, -0.25) is 9.10 Å². The van der Waals surface area contributed by atoms with Gasteiger partial charge in [0.05, 0.1) is 11.9 Å². The molecule has 4 bridgehead atoms. The third kappa shape index (κ3) is 3.68. The summed E-state index contributed by atoms with van der Waals surface area (Å²) in [5, 5.41) is 3.33. The molecule has 4 saturated carbocycles. The number of hydrogen-bond acceptors (Lipinski definition) is 3. The average molecular weight is 405 g/mol. The number of sulfonamides is 1. The van der Waals surface area contributed by atoms with Crippen LogP contribution in [-0.4, -0.2) is 32.2 Å². The lowest BCUT2D eigenvalue weighted by atomic mass is 9.53. The molecule has 0 aliphatic heterocycles. The minimum atomic E-state index is -3.59. The Balaban J connectivity index is 1.59. The molecule has 0 unspecified atom stereocenters. The van der Waals surface area contributed by atoms with E-state index >= 15 is 0 Å². The van der Waals surface area contributed by atoms with E-state index in [1.54, 1.807) is 6.92 Å². The van der Waals surface area contributed by atoms with Crippen LogP contribution in [0.15, 0.2) is 18.2 Å². The first-order valence-electron chi connectivity index (χ1n) is 10.4. The molecule has 0 heterocycles. The molecule has 1 amide bonds. The predicted molar refractivity (Wildman–Crippen MR) is 112 cm³/mol. The Hall–Kier alpha value is -1.56. The van der Waals surface area contributed by atoms with E-state index in [0.29, 0.717) is 5.69 Å². The van der Waals surface area contributed by atoms with E-state index in [4.69, 9.17) is 0 Å². The van der Waals surface area contributed by atoms with Gasteiger partial charge < -0.3 is 5.32 Å². The number of anilines is 1. The fourth-order valence-corrected chi connectivity index (χ4v) is 7.67. The van der Waals surface area contributed by atoms with E-state index in [2.05, 4.69) is 5.32 Å². The molecule has 0 saturated heterocycles. The minimum Gasteiger partial charge on any atom is -0.349 e. The highest BCUT2D eigenvalue weighted by atomic mass is 32.2. The molecule has 154 valence electrons. The molecule has 6 heteroatoms. The smallest absolute Gasteiger partial charge is 0.244 e. The van der Waals surface area contributed by atoms with Gasteiger partial charge in [-0.2, -0.15) is 0 Å². The highest BCUT2D eigenvalue weighted by molar-refractivity contribution is 7.92. The van der Waals surface area contributed by atoms with Crippen LogP contribution in [-0.2, 0) is 14.8 Å². The maximum atomic E-state index is 13.2. The van der Waals surface area contributed by atoms with Gasteiger partial charge in [-0.25, -0.2) is 8.42 Å². The van der Waals surface area contributed by atoms with Crippen LogP contribution in [0.3, 0.4) is 0 Å². The van der Waals surface area contributed by atoms with Crippen molar-refractivity contribution in [3.05, 3.63) is 29.3 Å². The Morgan fingerprint density at radius 2 is 1.50 bits per heavy atom. The second-order valence-corrected chi connectivity index (χ2v) is 11.6. The number of nitrogens with zero attached hydrogens (tertiary/aromatic N) is 1. The van der Waals surface area contributed by atoms with Gasteiger partial charge in [-0.15, -0.1) is 0 Å². The number of aryl methyl sites for hydroxylation is 2. The first-order chi connectivity index (χ1) is 13.0. The third-order valence-electron chi connectivity index (χ3n) is 6.98. The number of hydrogen-bond donors (Lipinski definition) is 1. The van der Waals surface area contributed by atoms with Crippen molar-refractivity contribution < 1.29 is 13.2 Å².